The van der Waals surface area contributed by atoms with Gasteiger partial charge in [-0.05, 0) is 139 Å². The molecule has 0 aromatic carbocycles. The summed E-state index contributed by atoms with van der Waals surface area (Å²) in [5, 5.41) is 22.0. The standard InChI is InChI=1S/C44H72N2O7/c1-26(2)36-29(47)22-44(32(48)24-46(27(3)4)34(49)25-45(12)13)21-20-42(10)28(37(36)44)14-15-31-41(9)18-17-33(53-35(50)23-39(5,6)38(51)52)40(7,8)30(41)16-19-43(31,42)11/h26-28,30-33,48H,14-25H2,1-13H3,(H,51,52)/t28-,30+,31-,32?,33+,41+,42-,43-,44?/m1/s1. The van der Waals surface area contributed by atoms with Gasteiger partial charge in [-0.2, -0.15) is 0 Å². The molecule has 4 fully saturated rings. The van der Waals surface area contributed by atoms with E-state index >= 15 is 0 Å². The first-order valence-electron chi connectivity index (χ1n) is 20.6. The molecule has 0 heterocycles. The molecule has 0 bridgehead atoms. The van der Waals surface area contributed by atoms with Gasteiger partial charge in [-0.25, -0.2) is 0 Å². The lowest BCUT2D eigenvalue weighted by atomic mass is 9.33. The van der Waals surface area contributed by atoms with Crippen LogP contribution in [0, 0.1) is 56.2 Å². The SMILES string of the molecule is CC(C)C1=C2[C@H]3CC[C@@H]4[C@@]5(C)CC[C@H](OC(=O)CC(C)(C)C(=O)O)C(C)(C)[C@@H]5CC[C@@]4(C)[C@]3(C)CCC2(C(O)CN(C(=O)CN(C)C)C(C)C)CC1=O. The second-order valence-corrected chi connectivity index (χ2v) is 21.0. The second kappa shape index (κ2) is 14.0. The summed E-state index contributed by atoms with van der Waals surface area (Å²) in [5.74, 6) is -0.215. The van der Waals surface area contributed by atoms with Gasteiger partial charge >= 0.3 is 11.9 Å². The third-order valence-corrected chi connectivity index (χ3v) is 16.3. The Morgan fingerprint density at radius 1 is 0.887 bits per heavy atom. The van der Waals surface area contributed by atoms with E-state index in [-0.39, 0.29) is 76.8 Å². The van der Waals surface area contributed by atoms with Crippen LogP contribution < -0.4 is 0 Å². The fraction of sp³-hybridized carbons (Fsp3) is 0.864. The van der Waals surface area contributed by atoms with Crippen LogP contribution in [0.4, 0.5) is 0 Å². The molecule has 300 valence electrons. The summed E-state index contributed by atoms with van der Waals surface area (Å²) in [5.41, 5.74) is 0.0331. The lowest BCUT2D eigenvalue weighted by molar-refractivity contribution is -0.235. The zero-order chi connectivity index (χ0) is 39.9. The van der Waals surface area contributed by atoms with E-state index in [9.17, 15) is 29.4 Å². The molecule has 5 rings (SSSR count). The van der Waals surface area contributed by atoms with Gasteiger partial charge in [0.05, 0.1) is 24.5 Å². The first kappa shape index (κ1) is 41.9. The largest absolute Gasteiger partial charge is 0.481 e. The zero-order valence-corrected chi connectivity index (χ0v) is 35.4. The van der Waals surface area contributed by atoms with Crippen LogP contribution in [0.2, 0.25) is 0 Å². The fourth-order valence-electron chi connectivity index (χ4n) is 13.2. The van der Waals surface area contributed by atoms with E-state index in [0.717, 1.165) is 56.9 Å². The summed E-state index contributed by atoms with van der Waals surface area (Å²) in [6.45, 7) is 24.0. The van der Waals surface area contributed by atoms with Crippen molar-refractivity contribution in [3.05, 3.63) is 11.1 Å². The smallest absolute Gasteiger partial charge is 0.309 e. The number of hydrogen-bond acceptors (Lipinski definition) is 7. The van der Waals surface area contributed by atoms with Crippen LogP contribution in [0.25, 0.3) is 0 Å². The molecule has 0 saturated heterocycles. The quantitative estimate of drug-likeness (QED) is 0.208. The Bertz CT molecular complexity index is 1510. The lowest BCUT2D eigenvalue weighted by Crippen LogP contribution is -2.66. The van der Waals surface area contributed by atoms with Gasteiger partial charge in [-0.15, -0.1) is 0 Å². The molecule has 5 aliphatic carbocycles. The molecule has 0 radical (unpaired) electrons. The third-order valence-electron chi connectivity index (χ3n) is 16.3. The van der Waals surface area contributed by atoms with Gasteiger partial charge in [-0.3, -0.25) is 19.2 Å². The number of likely N-dealkylation sites (N-methyl/N-ethyl adjacent to an activating group) is 1. The molecular formula is C44H72N2O7. The molecule has 0 spiro atoms. The Morgan fingerprint density at radius 2 is 1.53 bits per heavy atom. The number of esters is 1. The van der Waals surface area contributed by atoms with Crippen LogP contribution in [-0.2, 0) is 23.9 Å². The Labute approximate surface area is 320 Å². The van der Waals surface area contributed by atoms with Gasteiger partial charge in [0.1, 0.15) is 6.10 Å². The second-order valence-electron chi connectivity index (χ2n) is 21.0. The van der Waals surface area contributed by atoms with E-state index < -0.39 is 28.9 Å². The number of amides is 1. The van der Waals surface area contributed by atoms with Crippen molar-refractivity contribution in [3.63, 3.8) is 0 Å². The molecular weight excluding hydrogens is 668 g/mol. The van der Waals surface area contributed by atoms with E-state index in [0.29, 0.717) is 18.3 Å². The number of carboxylic acids is 1. The maximum Gasteiger partial charge on any atom is 0.309 e. The number of aliphatic hydroxyl groups is 1. The molecule has 2 unspecified atom stereocenters. The van der Waals surface area contributed by atoms with Gasteiger partial charge < -0.3 is 24.7 Å². The number of carbonyl (C=O) groups is 4. The number of nitrogens with zero attached hydrogens (tertiary/aromatic N) is 2. The summed E-state index contributed by atoms with van der Waals surface area (Å²) in [7, 11) is 3.77. The molecule has 53 heavy (non-hydrogen) atoms. The normalized spacial score (nSPS) is 37.2. The number of aliphatic carboxylic acids is 1. The van der Waals surface area contributed by atoms with Crippen LogP contribution in [0.5, 0.6) is 0 Å². The molecule has 0 aromatic rings. The number of Topliss-reactive ketones (excluding diaryl/α,β-unsaturated/α-hetero) is 1. The average molecular weight is 741 g/mol. The summed E-state index contributed by atoms with van der Waals surface area (Å²) in [6.07, 6.45) is 6.58. The Balaban J connectivity index is 1.46. The monoisotopic (exact) mass is 741 g/mol. The van der Waals surface area contributed by atoms with E-state index in [1.807, 2.05) is 37.7 Å². The summed E-state index contributed by atoms with van der Waals surface area (Å²) in [4.78, 5) is 56.1. The van der Waals surface area contributed by atoms with Gasteiger partial charge in [-0.1, -0.05) is 54.0 Å². The van der Waals surface area contributed by atoms with E-state index in [4.69, 9.17) is 4.74 Å². The maximum absolute atomic E-state index is 14.1. The molecule has 0 aromatic heterocycles. The number of carboxylic acid groups (broad SMARTS) is 1. The number of rotatable bonds is 11. The Hall–Kier alpha value is -2.26. The average Bonchev–Trinajstić information content (AvgIpc) is 3.34. The molecule has 0 aliphatic heterocycles. The number of hydrogen-bond donors (Lipinski definition) is 2. The van der Waals surface area contributed by atoms with Gasteiger partial charge in [0.15, 0.2) is 5.78 Å². The van der Waals surface area contributed by atoms with Crippen LogP contribution in [0.3, 0.4) is 0 Å². The van der Waals surface area contributed by atoms with Crippen LogP contribution in [0.15, 0.2) is 11.1 Å². The lowest BCUT2D eigenvalue weighted by Gasteiger charge is -2.72. The highest BCUT2D eigenvalue weighted by atomic mass is 16.5. The van der Waals surface area contributed by atoms with Crippen LogP contribution in [0.1, 0.15) is 140 Å². The minimum absolute atomic E-state index is 0.00503. The number of allylic oxidation sites excluding steroid dienone is 1. The fourth-order valence-corrected chi connectivity index (χ4v) is 13.2. The topological polar surface area (TPSA) is 124 Å². The third kappa shape index (κ3) is 6.63. The highest BCUT2D eigenvalue weighted by molar-refractivity contribution is 6.00. The predicted molar refractivity (Wildman–Crippen MR) is 207 cm³/mol. The van der Waals surface area contributed by atoms with Crippen molar-refractivity contribution in [2.75, 3.05) is 27.2 Å². The Kier molecular flexibility index (Phi) is 11.1. The van der Waals surface area contributed by atoms with Gasteiger partial charge in [0.2, 0.25) is 5.91 Å². The van der Waals surface area contributed by atoms with Crippen molar-refractivity contribution in [1.29, 1.82) is 0 Å². The first-order valence-corrected chi connectivity index (χ1v) is 20.6. The minimum atomic E-state index is -1.18. The van der Waals surface area contributed by atoms with Crippen LogP contribution >= 0.6 is 0 Å². The molecule has 9 heteroatoms. The van der Waals surface area contributed by atoms with Crippen molar-refractivity contribution in [3.8, 4) is 0 Å². The van der Waals surface area contributed by atoms with E-state index in [1.165, 1.54) is 5.57 Å². The van der Waals surface area contributed by atoms with Gasteiger partial charge in [0, 0.05) is 29.8 Å². The van der Waals surface area contributed by atoms with Crippen molar-refractivity contribution >= 4 is 23.6 Å². The minimum Gasteiger partial charge on any atom is -0.481 e. The van der Waals surface area contributed by atoms with Crippen molar-refractivity contribution in [1.82, 2.24) is 9.80 Å². The van der Waals surface area contributed by atoms with Crippen molar-refractivity contribution in [2.24, 2.45) is 56.2 Å². The van der Waals surface area contributed by atoms with E-state index in [1.54, 1.807) is 13.8 Å². The van der Waals surface area contributed by atoms with Crippen LogP contribution in [-0.4, -0.2) is 89.1 Å². The summed E-state index contributed by atoms with van der Waals surface area (Å²) in [6, 6.07) is -0.0683. The van der Waals surface area contributed by atoms with Gasteiger partial charge in [0.25, 0.3) is 0 Å². The maximum atomic E-state index is 14.1. The number of fused-ring (bicyclic) bond motifs is 7. The first-order chi connectivity index (χ1) is 24.3. The molecule has 9 atom stereocenters. The predicted octanol–water partition coefficient (Wildman–Crippen LogP) is 7.54. The number of carbonyl (C=O) groups excluding carboxylic acids is 3. The summed E-state index contributed by atoms with van der Waals surface area (Å²) >= 11 is 0. The molecule has 4 saturated carbocycles. The van der Waals surface area contributed by atoms with Crippen molar-refractivity contribution < 1.29 is 34.1 Å². The molecule has 9 nitrogen and oxygen atoms in total. The number of ether oxygens (including phenoxy) is 1. The number of aliphatic hydroxyl groups excluding tert-OH is 1. The zero-order valence-electron chi connectivity index (χ0n) is 35.4. The Morgan fingerprint density at radius 3 is 2.09 bits per heavy atom. The molecule has 5 aliphatic rings. The van der Waals surface area contributed by atoms with Crippen molar-refractivity contribution in [2.45, 2.75) is 159 Å². The highest BCUT2D eigenvalue weighted by Gasteiger charge is 2.71. The highest BCUT2D eigenvalue weighted by Crippen LogP contribution is 2.77. The number of ketones is 1. The molecule has 1 amide bonds. The molecule has 2 N–H and O–H groups in total. The summed E-state index contributed by atoms with van der Waals surface area (Å²) < 4.78 is 6.16. The van der Waals surface area contributed by atoms with E-state index in [2.05, 4.69) is 48.5 Å².